The molecule has 1 aliphatic heterocycles. The van der Waals surface area contributed by atoms with Crippen LogP contribution in [0.15, 0.2) is 53.5 Å². The largest absolute Gasteiger partial charge is 0.424 e. The monoisotopic (exact) mass is 479 g/mol. The number of amidine groups is 1. The van der Waals surface area contributed by atoms with Crippen LogP contribution in [0.2, 0.25) is 0 Å². The number of amides is 2. The molecule has 1 N–H and O–H groups in total. The Hall–Kier alpha value is -3.34. The molecule has 1 saturated heterocycles. The van der Waals surface area contributed by atoms with Gasteiger partial charge >= 0.3 is 12.1 Å². The van der Waals surface area contributed by atoms with Crippen LogP contribution in [0.3, 0.4) is 0 Å². The van der Waals surface area contributed by atoms with Gasteiger partial charge in [0.25, 0.3) is 0 Å². The van der Waals surface area contributed by atoms with Crippen molar-refractivity contribution in [3.05, 3.63) is 54.1 Å². The minimum absolute atomic E-state index is 0.0546. The summed E-state index contributed by atoms with van der Waals surface area (Å²) >= 11 is 1.01. The number of thioether (sulfide) groups is 1. The van der Waals surface area contributed by atoms with Crippen molar-refractivity contribution in [2.75, 3.05) is 11.9 Å². The normalized spacial score (nSPS) is 17.4. The van der Waals surface area contributed by atoms with E-state index in [1.807, 2.05) is 0 Å². The lowest BCUT2D eigenvalue weighted by atomic mass is 10.2. The summed E-state index contributed by atoms with van der Waals surface area (Å²) in [5.41, 5.74) is -0.513. The van der Waals surface area contributed by atoms with Crippen molar-refractivity contribution in [3.63, 3.8) is 0 Å². The molecule has 0 spiro atoms. The number of carbonyl (C=O) groups is 3. The fraction of sp³-hybridized carbons (Fsp3) is 0.273. The molecular formula is C22H20F3N3O4S. The minimum atomic E-state index is -4.51. The molecule has 0 bridgehead atoms. The molecule has 1 atom stereocenters. The maximum absolute atomic E-state index is 13.0. The first kappa shape index (κ1) is 24.3. The fourth-order valence-corrected chi connectivity index (χ4v) is 4.28. The van der Waals surface area contributed by atoms with Gasteiger partial charge in [-0.1, -0.05) is 30.0 Å². The Morgan fingerprint density at radius 3 is 2.58 bits per heavy atom. The second-order valence-corrected chi connectivity index (χ2v) is 8.14. The molecule has 2 amide bonds. The van der Waals surface area contributed by atoms with Crippen LogP contribution in [-0.2, 0) is 20.6 Å². The van der Waals surface area contributed by atoms with Crippen molar-refractivity contribution in [3.8, 4) is 5.75 Å². The molecule has 0 saturated carbocycles. The number of alkyl halides is 3. The molecule has 0 aromatic heterocycles. The Balaban J connectivity index is 1.75. The average molecular weight is 479 g/mol. The van der Waals surface area contributed by atoms with Crippen molar-refractivity contribution >= 4 is 46.1 Å². The van der Waals surface area contributed by atoms with Gasteiger partial charge in [0.05, 0.1) is 16.9 Å². The van der Waals surface area contributed by atoms with Gasteiger partial charge < -0.3 is 10.1 Å². The van der Waals surface area contributed by atoms with E-state index in [0.29, 0.717) is 0 Å². The average Bonchev–Trinajstić information content (AvgIpc) is 3.02. The van der Waals surface area contributed by atoms with Gasteiger partial charge in [0.1, 0.15) is 5.25 Å². The first-order chi connectivity index (χ1) is 15.6. The Labute approximate surface area is 192 Å². The molecule has 3 rings (SSSR count). The highest BCUT2D eigenvalue weighted by molar-refractivity contribution is 8.15. The molecule has 0 aliphatic carbocycles. The van der Waals surface area contributed by atoms with Gasteiger partial charge in [-0.05, 0) is 37.3 Å². The second-order valence-electron chi connectivity index (χ2n) is 6.97. The number of benzene rings is 2. The molecule has 11 heteroatoms. The molecule has 1 unspecified atom stereocenters. The molecule has 2 aromatic rings. The molecular weight excluding hydrogens is 459 g/mol. The van der Waals surface area contributed by atoms with Crippen molar-refractivity contribution in [1.29, 1.82) is 0 Å². The second kappa shape index (κ2) is 10.1. The van der Waals surface area contributed by atoms with Crippen LogP contribution in [0.5, 0.6) is 5.75 Å². The van der Waals surface area contributed by atoms with Crippen molar-refractivity contribution in [2.45, 2.75) is 31.7 Å². The van der Waals surface area contributed by atoms with Crippen LogP contribution < -0.4 is 10.1 Å². The number of hydrogen-bond donors (Lipinski definition) is 1. The van der Waals surface area contributed by atoms with Gasteiger partial charge in [-0.2, -0.15) is 13.2 Å². The van der Waals surface area contributed by atoms with E-state index >= 15 is 0 Å². The Morgan fingerprint density at radius 1 is 1.18 bits per heavy atom. The van der Waals surface area contributed by atoms with Crippen LogP contribution >= 0.6 is 11.8 Å². The summed E-state index contributed by atoms with van der Waals surface area (Å²) in [4.78, 5) is 42.1. The number of ether oxygens (including phenoxy) is 1. The Bertz CT molecular complexity index is 1100. The molecule has 33 heavy (non-hydrogen) atoms. The van der Waals surface area contributed by atoms with E-state index in [4.69, 9.17) is 4.74 Å². The summed E-state index contributed by atoms with van der Waals surface area (Å²) in [5.74, 6) is -1.23. The van der Waals surface area contributed by atoms with E-state index in [-0.39, 0.29) is 41.2 Å². The highest BCUT2D eigenvalue weighted by Crippen LogP contribution is 2.35. The van der Waals surface area contributed by atoms with Gasteiger partial charge in [0, 0.05) is 19.9 Å². The maximum Gasteiger partial charge on any atom is 0.416 e. The van der Waals surface area contributed by atoms with Crippen LogP contribution in [-0.4, -0.2) is 39.6 Å². The number of nitrogens with one attached hydrogen (secondary N) is 1. The van der Waals surface area contributed by atoms with Gasteiger partial charge in [-0.25, -0.2) is 4.99 Å². The number of carbonyl (C=O) groups excluding carboxylic acids is 3. The number of halogens is 3. The summed E-state index contributed by atoms with van der Waals surface area (Å²) < 4.78 is 44.0. The summed E-state index contributed by atoms with van der Waals surface area (Å²) in [7, 11) is 0. The zero-order valence-corrected chi connectivity index (χ0v) is 18.5. The van der Waals surface area contributed by atoms with E-state index in [1.165, 1.54) is 30.0 Å². The zero-order chi connectivity index (χ0) is 24.2. The summed E-state index contributed by atoms with van der Waals surface area (Å²) in [5, 5.41) is 2.05. The van der Waals surface area contributed by atoms with Gasteiger partial charge in [-0.15, -0.1) is 0 Å². The number of anilines is 1. The van der Waals surface area contributed by atoms with Gasteiger partial charge in [0.2, 0.25) is 11.8 Å². The number of rotatable bonds is 6. The quantitative estimate of drug-likeness (QED) is 0.483. The highest BCUT2D eigenvalue weighted by atomic mass is 32.2. The minimum Gasteiger partial charge on any atom is -0.424 e. The molecule has 1 aliphatic rings. The van der Waals surface area contributed by atoms with Gasteiger partial charge in [-0.3, -0.25) is 19.3 Å². The molecule has 1 fully saturated rings. The standard InChI is InChI=1S/C22H20F3N3O4S/c1-3-28-20(31)18(12-19(30)27-16-9-4-5-10-17(16)32-13(2)29)33-21(28)26-15-8-6-7-14(11-15)22(23,24)25/h4-11,18H,3,12H2,1-2H3,(H,27,30). The lowest BCUT2D eigenvalue weighted by Crippen LogP contribution is -2.33. The smallest absolute Gasteiger partial charge is 0.416 e. The van der Waals surface area contributed by atoms with Crippen LogP contribution in [0.25, 0.3) is 0 Å². The van der Waals surface area contributed by atoms with Crippen LogP contribution in [0, 0.1) is 0 Å². The lowest BCUT2D eigenvalue weighted by molar-refractivity contribution is -0.137. The maximum atomic E-state index is 13.0. The van der Waals surface area contributed by atoms with Crippen LogP contribution in [0.4, 0.5) is 24.5 Å². The molecule has 0 radical (unpaired) electrons. The Morgan fingerprint density at radius 2 is 1.91 bits per heavy atom. The van der Waals surface area contributed by atoms with Crippen molar-refractivity contribution < 1.29 is 32.3 Å². The van der Waals surface area contributed by atoms with E-state index in [0.717, 1.165) is 23.9 Å². The summed E-state index contributed by atoms with van der Waals surface area (Å²) in [6.45, 7) is 3.19. The molecule has 174 valence electrons. The first-order valence-corrected chi connectivity index (χ1v) is 10.8. The number of nitrogens with zero attached hydrogens (tertiary/aromatic N) is 2. The van der Waals surface area contributed by atoms with E-state index in [2.05, 4.69) is 10.3 Å². The molecule has 1 heterocycles. The van der Waals surface area contributed by atoms with E-state index < -0.39 is 28.9 Å². The predicted octanol–water partition coefficient (Wildman–Crippen LogP) is 4.61. The number of hydrogen-bond acceptors (Lipinski definition) is 6. The zero-order valence-electron chi connectivity index (χ0n) is 17.7. The third-order valence-electron chi connectivity index (χ3n) is 4.52. The molecule has 7 nitrogen and oxygen atoms in total. The third kappa shape index (κ3) is 6.13. The summed E-state index contributed by atoms with van der Waals surface area (Å²) in [6, 6.07) is 10.9. The van der Waals surface area contributed by atoms with E-state index in [9.17, 15) is 27.6 Å². The number of para-hydroxylation sites is 2. The number of esters is 1. The third-order valence-corrected chi connectivity index (χ3v) is 5.70. The highest BCUT2D eigenvalue weighted by Gasteiger charge is 2.38. The van der Waals surface area contributed by atoms with Crippen molar-refractivity contribution in [1.82, 2.24) is 4.90 Å². The Kier molecular flexibility index (Phi) is 7.42. The van der Waals surface area contributed by atoms with Crippen molar-refractivity contribution in [2.24, 2.45) is 4.99 Å². The number of aliphatic imine (C=N–C) groups is 1. The van der Waals surface area contributed by atoms with E-state index in [1.54, 1.807) is 25.1 Å². The van der Waals surface area contributed by atoms with Crippen LogP contribution in [0.1, 0.15) is 25.8 Å². The fourth-order valence-electron chi connectivity index (χ4n) is 3.06. The molecule has 2 aromatic carbocycles. The topological polar surface area (TPSA) is 88.1 Å². The summed E-state index contributed by atoms with van der Waals surface area (Å²) in [6.07, 6.45) is -4.71. The lowest BCUT2D eigenvalue weighted by Gasteiger charge is -2.14. The van der Waals surface area contributed by atoms with Gasteiger partial charge in [0.15, 0.2) is 10.9 Å². The predicted molar refractivity (Wildman–Crippen MR) is 118 cm³/mol. The SMILES string of the molecule is CCN1C(=O)C(CC(=O)Nc2ccccc2OC(C)=O)SC1=Nc1cccc(C(F)(F)F)c1. The first-order valence-electron chi connectivity index (χ1n) is 9.89.